The van der Waals surface area contributed by atoms with Crippen molar-refractivity contribution in [3.63, 3.8) is 0 Å². The Bertz CT molecular complexity index is 301. The first kappa shape index (κ1) is 31.3. The first-order valence-corrected chi connectivity index (χ1v) is 6.79. The van der Waals surface area contributed by atoms with Gasteiger partial charge in [-0.05, 0) is 0 Å². The Kier molecular flexibility index (Phi) is 23.7. The quantitative estimate of drug-likeness (QED) is 0.117. The summed E-state index contributed by atoms with van der Waals surface area (Å²) in [7, 11) is -13.9. The van der Waals surface area contributed by atoms with E-state index in [1.807, 2.05) is 0 Å². The molecule has 0 rings (SSSR count). The summed E-state index contributed by atoms with van der Waals surface area (Å²) in [6.45, 7) is 0. The summed E-state index contributed by atoms with van der Waals surface area (Å²) in [5.74, 6) is 0. The van der Waals surface area contributed by atoms with E-state index in [9.17, 15) is 0 Å². The fourth-order valence-electron chi connectivity index (χ4n) is 0. The monoisotopic (exact) mass is 344 g/mol. The predicted octanol–water partition coefficient (Wildman–Crippen LogP) is -5.55. The summed E-state index contributed by atoms with van der Waals surface area (Å²) in [6, 6.07) is 0. The molecule has 0 fully saturated rings. The molecule has 0 aliphatic carbocycles. The van der Waals surface area contributed by atoms with E-state index in [2.05, 4.69) is 0 Å². The molecule has 0 heterocycles. The maximum atomic E-state index is 8.88. The van der Waals surface area contributed by atoms with Crippen LogP contribution in [0.1, 0.15) is 4.28 Å². The van der Waals surface area contributed by atoms with Crippen LogP contribution < -0.4 is 29.6 Å². The first-order chi connectivity index (χ1) is 6.00. The SMILES string of the molecule is O=P(O)(O)O.O=P(O)(O)O.O=S(=O)(O)O.[H-].[H-].[H-].[Mg+2].[Na+]. The van der Waals surface area contributed by atoms with Crippen LogP contribution in [0.2, 0.25) is 0 Å². The fraction of sp³-hybridized carbons (Fsp3) is 0. The molecule has 17 heavy (non-hydrogen) atoms. The number of phosphoric acid groups is 2. The van der Waals surface area contributed by atoms with Gasteiger partial charge in [-0.2, -0.15) is 8.42 Å². The Morgan fingerprint density at radius 1 is 0.765 bits per heavy atom. The Morgan fingerprint density at radius 3 is 0.765 bits per heavy atom. The number of rotatable bonds is 0. The first-order valence-electron chi connectivity index (χ1n) is 2.26. The van der Waals surface area contributed by atoms with Crippen molar-refractivity contribution in [1.29, 1.82) is 0 Å². The third-order valence-electron chi connectivity index (χ3n) is 0. The van der Waals surface area contributed by atoms with Crippen molar-refractivity contribution in [2.24, 2.45) is 0 Å². The Balaban J connectivity index is -0.0000000160. The summed E-state index contributed by atoms with van der Waals surface area (Å²) >= 11 is 0. The van der Waals surface area contributed by atoms with Gasteiger partial charge in [0.1, 0.15) is 0 Å². The van der Waals surface area contributed by atoms with E-state index in [0.29, 0.717) is 0 Å². The van der Waals surface area contributed by atoms with Gasteiger partial charge in [-0.15, -0.1) is 0 Å². The van der Waals surface area contributed by atoms with E-state index in [-0.39, 0.29) is 56.9 Å². The summed E-state index contributed by atoms with van der Waals surface area (Å²) in [5.41, 5.74) is 0. The third kappa shape index (κ3) is 1300. The third-order valence-corrected chi connectivity index (χ3v) is 0. The van der Waals surface area contributed by atoms with Crippen molar-refractivity contribution in [2.45, 2.75) is 0 Å². The van der Waals surface area contributed by atoms with E-state index in [1.165, 1.54) is 0 Å². The van der Waals surface area contributed by atoms with Crippen molar-refractivity contribution in [2.75, 3.05) is 0 Å². The van der Waals surface area contributed by atoms with Gasteiger partial charge in [-0.3, -0.25) is 9.11 Å². The van der Waals surface area contributed by atoms with Crippen molar-refractivity contribution >= 4 is 49.1 Å². The van der Waals surface area contributed by atoms with Crippen molar-refractivity contribution in [3.05, 3.63) is 0 Å². The average Bonchev–Trinajstić information content (AvgIpc) is 1.41. The maximum Gasteiger partial charge on any atom is 2.00 e. The number of hydrogen-bond acceptors (Lipinski definition) is 4. The van der Waals surface area contributed by atoms with Crippen LogP contribution in [0.5, 0.6) is 0 Å². The molecule has 0 amide bonds. The van der Waals surface area contributed by atoms with Gasteiger partial charge in [0.05, 0.1) is 0 Å². The maximum absolute atomic E-state index is 8.88. The molecule has 102 valence electrons. The molecule has 0 bridgehead atoms. The van der Waals surface area contributed by atoms with Crippen LogP contribution in [0, 0.1) is 0 Å². The Labute approximate surface area is 138 Å². The zero-order valence-electron chi connectivity index (χ0n) is 11.2. The van der Waals surface area contributed by atoms with Crippen LogP contribution in [-0.4, -0.2) is 69.9 Å². The summed E-state index contributed by atoms with van der Waals surface area (Å²) in [5, 5.41) is 0. The Morgan fingerprint density at radius 2 is 0.765 bits per heavy atom. The normalized spacial score (nSPS) is 10.4. The average molecular weight is 344 g/mol. The van der Waals surface area contributed by atoms with E-state index in [1.54, 1.807) is 0 Å². The van der Waals surface area contributed by atoms with Crippen molar-refractivity contribution in [3.8, 4) is 0 Å². The second kappa shape index (κ2) is 12.9. The topological polar surface area (TPSA) is 230 Å². The summed E-state index contributed by atoms with van der Waals surface area (Å²) < 4.78 is 49.3. The second-order valence-electron chi connectivity index (χ2n) is 1.47. The van der Waals surface area contributed by atoms with Crippen LogP contribution in [0.3, 0.4) is 0 Å². The van der Waals surface area contributed by atoms with Crippen LogP contribution in [0.15, 0.2) is 0 Å². The standard InChI is InChI=1S/Mg.Na.2H3O4P.H2O4S.3H/c;;3*1-5(2,3)4;;;/h;;2*(H3,1,2,3,4);(H2,1,2,3,4);;;/q+2;+1;;;;3*-1. The van der Waals surface area contributed by atoms with Crippen LogP contribution >= 0.6 is 15.6 Å². The van der Waals surface area contributed by atoms with Gasteiger partial charge in [-0.1, -0.05) is 0 Å². The van der Waals surface area contributed by atoms with Crippen LogP contribution in [0.4, 0.5) is 0 Å². The molecular weight excluding hydrogens is 333 g/mol. The van der Waals surface area contributed by atoms with Gasteiger partial charge >= 0.3 is 78.7 Å². The van der Waals surface area contributed by atoms with Crippen LogP contribution in [-0.2, 0) is 19.5 Å². The molecule has 8 N–H and O–H groups in total. The van der Waals surface area contributed by atoms with Gasteiger partial charge in [0.25, 0.3) is 0 Å². The van der Waals surface area contributed by atoms with Gasteiger partial charge in [0.15, 0.2) is 0 Å². The van der Waals surface area contributed by atoms with Gasteiger partial charge in [0, 0.05) is 0 Å². The molecule has 0 unspecified atom stereocenters. The fourth-order valence-corrected chi connectivity index (χ4v) is 0. The molecule has 0 saturated heterocycles. The minimum absolute atomic E-state index is 0. The minimum Gasteiger partial charge on any atom is -1.00 e. The molecule has 0 aromatic carbocycles. The minimum atomic E-state index is -4.67. The van der Waals surface area contributed by atoms with Crippen molar-refractivity contribution in [1.82, 2.24) is 0 Å². The molecule has 17 heteroatoms. The predicted molar refractivity (Wildman–Crippen MR) is 51.8 cm³/mol. The van der Waals surface area contributed by atoms with Gasteiger partial charge in [-0.25, -0.2) is 9.13 Å². The zero-order chi connectivity index (χ0) is 13.5. The van der Waals surface area contributed by atoms with Crippen molar-refractivity contribution < 1.29 is 89.9 Å². The molecule has 0 aromatic heterocycles. The van der Waals surface area contributed by atoms with E-state index in [0.717, 1.165) is 0 Å². The molecule has 0 aliphatic rings. The van der Waals surface area contributed by atoms with Gasteiger partial charge in [0.2, 0.25) is 0 Å². The molecule has 0 spiro atoms. The van der Waals surface area contributed by atoms with E-state index >= 15 is 0 Å². The second-order valence-corrected chi connectivity index (χ2v) is 4.42. The molecule has 0 atom stereocenters. The largest absolute Gasteiger partial charge is 2.00 e. The van der Waals surface area contributed by atoms with E-state index < -0.39 is 26.0 Å². The Hall–Kier alpha value is 1.86. The molecule has 12 nitrogen and oxygen atoms in total. The van der Waals surface area contributed by atoms with Crippen LogP contribution in [0.25, 0.3) is 0 Å². The summed E-state index contributed by atoms with van der Waals surface area (Å²) in [6.07, 6.45) is 0. The molecular formula is H11MgNaO12P2S. The zero-order valence-corrected chi connectivity index (χ0v) is 14.2. The number of hydrogen-bond donors (Lipinski definition) is 8. The molecule has 0 radical (unpaired) electrons. The molecule has 0 saturated carbocycles. The molecule has 0 aliphatic heterocycles. The smallest absolute Gasteiger partial charge is 1.00 e. The molecule has 0 aromatic rings. The summed E-state index contributed by atoms with van der Waals surface area (Å²) in [4.78, 5) is 43.1. The van der Waals surface area contributed by atoms with E-state index in [4.69, 9.17) is 56.0 Å². The van der Waals surface area contributed by atoms with Gasteiger partial charge < -0.3 is 33.6 Å².